The number of ether oxygens (including phenoxy) is 1. The number of aliphatic hydroxyl groups is 1. The number of rotatable bonds is 5. The van der Waals surface area contributed by atoms with Crippen LogP contribution in [0.3, 0.4) is 0 Å². The summed E-state index contributed by atoms with van der Waals surface area (Å²) in [5.41, 5.74) is 2.39. The first-order chi connectivity index (χ1) is 9.19. The third-order valence-corrected chi connectivity index (χ3v) is 4.21. The van der Waals surface area contributed by atoms with Crippen molar-refractivity contribution in [3.8, 4) is 0 Å². The molecule has 1 aliphatic carbocycles. The Morgan fingerprint density at radius 2 is 2.16 bits per heavy atom. The van der Waals surface area contributed by atoms with E-state index in [0.29, 0.717) is 12.6 Å². The van der Waals surface area contributed by atoms with E-state index in [1.165, 1.54) is 5.56 Å². The highest BCUT2D eigenvalue weighted by atomic mass is 16.5. The fraction of sp³-hybridized carbons (Fsp3) is 0.625. The summed E-state index contributed by atoms with van der Waals surface area (Å²) in [5.74, 6) is 0. The normalized spacial score (nSPS) is 24.3. The summed E-state index contributed by atoms with van der Waals surface area (Å²) in [5, 5.41) is 10.7. The minimum atomic E-state index is -0.385. The van der Waals surface area contributed by atoms with E-state index in [1.807, 2.05) is 6.07 Å². The van der Waals surface area contributed by atoms with E-state index in [0.717, 1.165) is 24.9 Å². The van der Waals surface area contributed by atoms with Gasteiger partial charge in [0.15, 0.2) is 0 Å². The van der Waals surface area contributed by atoms with Crippen LogP contribution in [0.4, 0.5) is 0 Å². The molecule has 1 aromatic carbocycles. The van der Waals surface area contributed by atoms with Gasteiger partial charge in [0, 0.05) is 19.2 Å². The van der Waals surface area contributed by atoms with E-state index in [4.69, 9.17) is 4.74 Å². The van der Waals surface area contributed by atoms with Crippen molar-refractivity contribution < 1.29 is 9.84 Å². The second-order valence-electron chi connectivity index (χ2n) is 5.38. The van der Waals surface area contributed by atoms with Crippen molar-refractivity contribution in [2.24, 2.45) is 0 Å². The van der Waals surface area contributed by atoms with Gasteiger partial charge in [0.1, 0.15) is 0 Å². The van der Waals surface area contributed by atoms with E-state index < -0.39 is 0 Å². The van der Waals surface area contributed by atoms with Crippen LogP contribution in [0.15, 0.2) is 24.3 Å². The molecule has 1 aliphatic rings. The van der Waals surface area contributed by atoms with Crippen molar-refractivity contribution in [3.63, 3.8) is 0 Å². The number of likely N-dealkylation sites (N-methyl/N-ethyl adjacent to an activating group) is 1. The van der Waals surface area contributed by atoms with Crippen molar-refractivity contribution in [3.05, 3.63) is 35.4 Å². The molecule has 3 heteroatoms. The number of aryl methyl sites for hydroxylation is 1. The molecule has 0 bridgehead atoms. The fourth-order valence-electron chi connectivity index (χ4n) is 3.28. The maximum absolute atomic E-state index is 10.7. The second kappa shape index (κ2) is 6.51. The lowest BCUT2D eigenvalue weighted by Gasteiger charge is -2.41. The highest BCUT2D eigenvalue weighted by molar-refractivity contribution is 5.32. The first-order valence-corrected chi connectivity index (χ1v) is 7.19. The van der Waals surface area contributed by atoms with Crippen LogP contribution in [0.5, 0.6) is 0 Å². The van der Waals surface area contributed by atoms with Crippen LogP contribution >= 0.6 is 0 Å². The predicted octanol–water partition coefficient (Wildman–Crippen LogP) is 2.39. The standard InChI is InChI=1S/C16H25NO2/c1-4-17(12(2)11-19-3)15-10-9-13-7-5-6-8-14(13)16(15)18/h5-8,12,15-16,18H,4,9-11H2,1-3H3. The molecule has 0 spiro atoms. The quantitative estimate of drug-likeness (QED) is 0.885. The summed E-state index contributed by atoms with van der Waals surface area (Å²) < 4.78 is 5.26. The predicted molar refractivity (Wildman–Crippen MR) is 77.2 cm³/mol. The Morgan fingerprint density at radius 3 is 2.84 bits per heavy atom. The molecule has 0 radical (unpaired) electrons. The molecule has 0 heterocycles. The summed E-state index contributed by atoms with van der Waals surface area (Å²) in [7, 11) is 1.73. The van der Waals surface area contributed by atoms with Gasteiger partial charge in [-0.05, 0) is 37.4 Å². The van der Waals surface area contributed by atoms with Crippen LogP contribution in [-0.2, 0) is 11.2 Å². The highest BCUT2D eigenvalue weighted by Crippen LogP contribution is 2.33. The molecule has 0 aliphatic heterocycles. The van der Waals surface area contributed by atoms with E-state index >= 15 is 0 Å². The van der Waals surface area contributed by atoms with E-state index in [-0.39, 0.29) is 12.1 Å². The van der Waals surface area contributed by atoms with Crippen LogP contribution in [-0.4, -0.2) is 42.4 Å². The molecule has 3 unspecified atom stereocenters. The van der Waals surface area contributed by atoms with Crippen molar-refractivity contribution in [1.29, 1.82) is 0 Å². The lowest BCUT2D eigenvalue weighted by molar-refractivity contribution is -0.00183. The van der Waals surface area contributed by atoms with Crippen molar-refractivity contribution in [2.45, 2.75) is 44.9 Å². The van der Waals surface area contributed by atoms with Gasteiger partial charge in [-0.15, -0.1) is 0 Å². The van der Waals surface area contributed by atoms with E-state index in [2.05, 4.69) is 36.9 Å². The van der Waals surface area contributed by atoms with E-state index in [9.17, 15) is 5.11 Å². The SMILES string of the molecule is CCN(C(C)COC)C1CCc2ccccc2C1O. The van der Waals surface area contributed by atoms with Gasteiger partial charge < -0.3 is 9.84 Å². The number of methoxy groups -OCH3 is 1. The van der Waals surface area contributed by atoms with Gasteiger partial charge in [-0.2, -0.15) is 0 Å². The number of hydrogen-bond donors (Lipinski definition) is 1. The average Bonchev–Trinajstić information content (AvgIpc) is 2.43. The van der Waals surface area contributed by atoms with Crippen molar-refractivity contribution in [1.82, 2.24) is 4.90 Å². The molecule has 3 atom stereocenters. The van der Waals surface area contributed by atoms with Gasteiger partial charge in [0.05, 0.1) is 12.7 Å². The van der Waals surface area contributed by atoms with Crippen LogP contribution in [0, 0.1) is 0 Å². The molecule has 0 aromatic heterocycles. The Balaban J connectivity index is 2.18. The number of benzene rings is 1. The van der Waals surface area contributed by atoms with Gasteiger partial charge in [0.2, 0.25) is 0 Å². The second-order valence-corrected chi connectivity index (χ2v) is 5.38. The Labute approximate surface area is 116 Å². The topological polar surface area (TPSA) is 32.7 Å². The van der Waals surface area contributed by atoms with Gasteiger partial charge in [-0.1, -0.05) is 31.2 Å². The highest BCUT2D eigenvalue weighted by Gasteiger charge is 2.33. The Morgan fingerprint density at radius 1 is 1.42 bits per heavy atom. The largest absolute Gasteiger partial charge is 0.387 e. The number of aliphatic hydroxyl groups excluding tert-OH is 1. The maximum Gasteiger partial charge on any atom is 0.0948 e. The van der Waals surface area contributed by atoms with Crippen molar-refractivity contribution in [2.75, 3.05) is 20.3 Å². The molecule has 0 saturated heterocycles. The molecule has 1 aromatic rings. The lowest BCUT2D eigenvalue weighted by atomic mass is 9.84. The molecule has 3 nitrogen and oxygen atoms in total. The molecule has 0 saturated carbocycles. The zero-order chi connectivity index (χ0) is 13.8. The molecule has 1 N–H and O–H groups in total. The summed E-state index contributed by atoms with van der Waals surface area (Å²) in [6.07, 6.45) is 1.68. The third-order valence-electron chi connectivity index (χ3n) is 4.21. The van der Waals surface area contributed by atoms with Gasteiger partial charge >= 0.3 is 0 Å². The summed E-state index contributed by atoms with van der Waals surface area (Å²) in [4.78, 5) is 2.37. The van der Waals surface area contributed by atoms with Crippen LogP contribution in [0.2, 0.25) is 0 Å². The monoisotopic (exact) mass is 263 g/mol. The minimum absolute atomic E-state index is 0.199. The summed E-state index contributed by atoms with van der Waals surface area (Å²) >= 11 is 0. The molecular formula is C16H25NO2. The number of nitrogens with zero attached hydrogens (tertiary/aromatic N) is 1. The lowest BCUT2D eigenvalue weighted by Crippen LogP contribution is -2.48. The Kier molecular flexibility index (Phi) is 4.97. The number of hydrogen-bond acceptors (Lipinski definition) is 3. The van der Waals surface area contributed by atoms with Gasteiger partial charge in [-0.25, -0.2) is 0 Å². The third kappa shape index (κ3) is 2.99. The van der Waals surface area contributed by atoms with Gasteiger partial charge in [-0.3, -0.25) is 4.90 Å². The zero-order valence-electron chi connectivity index (χ0n) is 12.2. The first kappa shape index (κ1) is 14.5. The minimum Gasteiger partial charge on any atom is -0.387 e. The molecular weight excluding hydrogens is 238 g/mol. The molecule has 106 valence electrons. The van der Waals surface area contributed by atoms with Crippen LogP contribution < -0.4 is 0 Å². The zero-order valence-corrected chi connectivity index (χ0v) is 12.2. The summed E-state index contributed by atoms with van der Waals surface area (Å²) in [6.45, 7) is 5.97. The first-order valence-electron chi connectivity index (χ1n) is 7.19. The molecule has 0 amide bonds. The Hall–Kier alpha value is -0.900. The summed E-state index contributed by atoms with van der Waals surface area (Å²) in [6, 6.07) is 8.78. The average molecular weight is 263 g/mol. The Bertz CT molecular complexity index is 407. The van der Waals surface area contributed by atoms with Crippen LogP contribution in [0.25, 0.3) is 0 Å². The molecule has 19 heavy (non-hydrogen) atoms. The van der Waals surface area contributed by atoms with Gasteiger partial charge in [0.25, 0.3) is 0 Å². The molecule has 0 fully saturated rings. The van der Waals surface area contributed by atoms with Crippen LogP contribution in [0.1, 0.15) is 37.5 Å². The number of fused-ring (bicyclic) bond motifs is 1. The maximum atomic E-state index is 10.7. The fourth-order valence-corrected chi connectivity index (χ4v) is 3.28. The molecule has 2 rings (SSSR count). The smallest absolute Gasteiger partial charge is 0.0948 e. The van der Waals surface area contributed by atoms with E-state index in [1.54, 1.807) is 7.11 Å². The van der Waals surface area contributed by atoms with Crippen molar-refractivity contribution >= 4 is 0 Å².